The largest absolute Gasteiger partial charge is 0.333 e. The number of rotatable bonds is 3. The van der Waals surface area contributed by atoms with Crippen molar-refractivity contribution in [3.63, 3.8) is 0 Å². The van der Waals surface area contributed by atoms with Gasteiger partial charge in [0.15, 0.2) is 5.78 Å². The zero-order valence-corrected chi connectivity index (χ0v) is 8.57. The number of Topliss-reactive ketones (excluding diaryl/α,β-unsaturated/α-hetero) is 1. The zero-order valence-electron chi connectivity index (χ0n) is 7.67. The normalized spacial score (nSPS) is 11.4. The second-order valence-corrected chi connectivity index (χ2v) is 4.76. The minimum absolute atomic E-state index is 0.332. The summed E-state index contributed by atoms with van der Waals surface area (Å²) >= 11 is 0. The first-order valence-corrected chi connectivity index (χ1v) is 5.83. The first-order valence-electron chi connectivity index (χ1n) is 4.03. The molecule has 4 nitrogen and oxygen atoms in total. The van der Waals surface area contributed by atoms with Crippen LogP contribution in [0.2, 0.25) is 0 Å². The molecule has 0 radical (unpaired) electrons. The maximum absolute atomic E-state index is 11.3. The summed E-state index contributed by atoms with van der Waals surface area (Å²) in [5, 5.41) is 0. The Hall–Kier alpha value is -0.960. The van der Waals surface area contributed by atoms with Crippen molar-refractivity contribution in [2.45, 2.75) is 6.92 Å². The quantitative estimate of drug-likeness (QED) is 0.588. The summed E-state index contributed by atoms with van der Waals surface area (Å²) < 4.78 is 10.6. The summed E-state index contributed by atoms with van der Waals surface area (Å²) in [6.07, 6.45) is -0.726. The molecule has 14 heavy (non-hydrogen) atoms. The molecule has 0 spiro atoms. The van der Waals surface area contributed by atoms with E-state index in [0.717, 1.165) is 5.56 Å². The van der Waals surface area contributed by atoms with Gasteiger partial charge in [0.2, 0.25) is 0 Å². The average molecular weight is 214 g/mol. The lowest BCUT2D eigenvalue weighted by atomic mass is 10.1. The van der Waals surface area contributed by atoms with Gasteiger partial charge in [0.1, 0.15) is 6.16 Å². The molecule has 0 aliphatic carbocycles. The maximum atomic E-state index is 11.3. The van der Waals surface area contributed by atoms with Crippen molar-refractivity contribution < 1.29 is 19.1 Å². The van der Waals surface area contributed by atoms with Crippen molar-refractivity contribution in [2.24, 2.45) is 0 Å². The molecular weight excluding hydrogens is 203 g/mol. The number of benzene rings is 1. The third-order valence-electron chi connectivity index (χ3n) is 1.72. The van der Waals surface area contributed by atoms with Crippen molar-refractivity contribution in [3.8, 4) is 0 Å². The van der Waals surface area contributed by atoms with Crippen molar-refractivity contribution in [1.29, 1.82) is 0 Å². The van der Waals surface area contributed by atoms with Crippen molar-refractivity contribution in [1.82, 2.24) is 0 Å². The van der Waals surface area contributed by atoms with Gasteiger partial charge in [0.25, 0.3) is 0 Å². The lowest BCUT2D eigenvalue weighted by Gasteiger charge is -2.03. The van der Waals surface area contributed by atoms with Crippen LogP contribution in [0.1, 0.15) is 15.9 Å². The molecule has 1 rings (SSSR count). The molecule has 2 N–H and O–H groups in total. The Kier molecular flexibility index (Phi) is 3.21. The lowest BCUT2D eigenvalue weighted by molar-refractivity contribution is 0.101. The Morgan fingerprint density at radius 2 is 1.79 bits per heavy atom. The summed E-state index contributed by atoms with van der Waals surface area (Å²) in [6, 6.07) is 6.58. The van der Waals surface area contributed by atoms with Gasteiger partial charge in [-0.1, -0.05) is 29.8 Å². The predicted octanol–water partition coefficient (Wildman–Crippen LogP) is 1.36. The Balaban J connectivity index is 2.81. The zero-order chi connectivity index (χ0) is 10.8. The van der Waals surface area contributed by atoms with Gasteiger partial charge in [-0.05, 0) is 6.92 Å². The van der Waals surface area contributed by atoms with Crippen molar-refractivity contribution >= 4 is 13.4 Å². The van der Waals surface area contributed by atoms with Crippen molar-refractivity contribution in [2.75, 3.05) is 6.16 Å². The lowest BCUT2D eigenvalue weighted by Crippen LogP contribution is -2.05. The molecule has 0 fully saturated rings. The van der Waals surface area contributed by atoms with E-state index < -0.39 is 19.5 Å². The van der Waals surface area contributed by atoms with Gasteiger partial charge in [-0.25, -0.2) is 0 Å². The SMILES string of the molecule is Cc1ccc(C(=O)CP(=O)(O)O)cc1. The summed E-state index contributed by atoms with van der Waals surface area (Å²) in [6.45, 7) is 1.87. The summed E-state index contributed by atoms with van der Waals surface area (Å²) in [7, 11) is -4.25. The first kappa shape index (κ1) is 11.1. The van der Waals surface area contributed by atoms with Gasteiger partial charge in [-0.2, -0.15) is 0 Å². The molecular formula is C9H11O4P. The molecule has 1 aromatic rings. The Labute approximate surface area is 81.7 Å². The molecule has 0 aromatic heterocycles. The summed E-state index contributed by atoms with van der Waals surface area (Å²) in [5.41, 5.74) is 1.33. The topological polar surface area (TPSA) is 74.6 Å². The summed E-state index contributed by atoms with van der Waals surface area (Å²) in [4.78, 5) is 28.5. The number of hydrogen-bond donors (Lipinski definition) is 2. The standard InChI is InChI=1S/C9H11O4P/c1-7-2-4-8(5-3-7)9(10)6-14(11,12)13/h2-5H,6H2,1H3,(H2,11,12,13). The molecule has 0 amide bonds. The Morgan fingerprint density at radius 3 is 2.21 bits per heavy atom. The van der Waals surface area contributed by atoms with Crippen LogP contribution < -0.4 is 0 Å². The molecule has 0 heterocycles. The van der Waals surface area contributed by atoms with Gasteiger partial charge in [-0.3, -0.25) is 9.36 Å². The van der Waals surface area contributed by atoms with Crippen LogP contribution in [0.15, 0.2) is 24.3 Å². The molecule has 76 valence electrons. The first-order chi connectivity index (χ1) is 6.38. The summed E-state index contributed by atoms with van der Waals surface area (Å²) in [5.74, 6) is -0.529. The molecule has 5 heteroatoms. The highest BCUT2D eigenvalue weighted by molar-refractivity contribution is 7.52. The van der Waals surface area contributed by atoms with E-state index in [1.165, 1.54) is 0 Å². The number of hydrogen-bond acceptors (Lipinski definition) is 2. The van der Waals surface area contributed by atoms with Gasteiger partial charge >= 0.3 is 7.60 Å². The van der Waals surface area contributed by atoms with Crippen LogP contribution in [-0.2, 0) is 4.57 Å². The van der Waals surface area contributed by atoms with Gasteiger partial charge in [-0.15, -0.1) is 0 Å². The highest BCUT2D eigenvalue weighted by Gasteiger charge is 2.19. The van der Waals surface area contributed by atoms with Crippen LogP contribution in [0.25, 0.3) is 0 Å². The fourth-order valence-corrected chi connectivity index (χ4v) is 1.57. The Morgan fingerprint density at radius 1 is 1.29 bits per heavy atom. The number of aryl methyl sites for hydroxylation is 1. The van der Waals surface area contributed by atoms with E-state index in [1.807, 2.05) is 6.92 Å². The Bertz CT molecular complexity index is 376. The highest BCUT2D eigenvalue weighted by atomic mass is 31.2. The number of ketones is 1. The van der Waals surface area contributed by atoms with E-state index in [-0.39, 0.29) is 0 Å². The molecule has 0 bridgehead atoms. The monoisotopic (exact) mass is 214 g/mol. The van der Waals surface area contributed by atoms with Crippen LogP contribution in [-0.4, -0.2) is 21.7 Å². The van der Waals surface area contributed by atoms with Crippen LogP contribution in [0, 0.1) is 6.92 Å². The average Bonchev–Trinajstić information content (AvgIpc) is 2.02. The van der Waals surface area contributed by atoms with Crippen molar-refractivity contribution in [3.05, 3.63) is 35.4 Å². The van der Waals surface area contributed by atoms with Crippen LogP contribution in [0.3, 0.4) is 0 Å². The second-order valence-electron chi connectivity index (χ2n) is 3.11. The number of carbonyl (C=O) groups excluding carboxylic acids is 1. The minimum atomic E-state index is -4.25. The molecule has 0 unspecified atom stereocenters. The van der Waals surface area contributed by atoms with E-state index in [4.69, 9.17) is 9.79 Å². The fraction of sp³-hybridized carbons (Fsp3) is 0.222. The third kappa shape index (κ3) is 3.42. The van der Waals surface area contributed by atoms with E-state index in [0.29, 0.717) is 5.56 Å². The minimum Gasteiger partial charge on any atom is -0.324 e. The smallest absolute Gasteiger partial charge is 0.324 e. The molecule has 0 aliphatic heterocycles. The molecule has 0 atom stereocenters. The molecule has 1 aromatic carbocycles. The maximum Gasteiger partial charge on any atom is 0.333 e. The highest BCUT2D eigenvalue weighted by Crippen LogP contribution is 2.34. The van der Waals surface area contributed by atoms with E-state index >= 15 is 0 Å². The van der Waals surface area contributed by atoms with E-state index in [9.17, 15) is 9.36 Å². The van der Waals surface area contributed by atoms with Crippen LogP contribution in [0.4, 0.5) is 0 Å². The molecule has 0 saturated heterocycles. The van der Waals surface area contributed by atoms with E-state index in [1.54, 1.807) is 24.3 Å². The second kappa shape index (κ2) is 4.05. The van der Waals surface area contributed by atoms with Crippen LogP contribution >= 0.6 is 7.60 Å². The van der Waals surface area contributed by atoms with Gasteiger partial charge in [0, 0.05) is 5.56 Å². The fourth-order valence-electron chi connectivity index (χ4n) is 1.02. The number of carbonyl (C=O) groups is 1. The molecule has 0 aliphatic rings. The third-order valence-corrected chi connectivity index (χ3v) is 2.42. The van der Waals surface area contributed by atoms with E-state index in [2.05, 4.69) is 0 Å². The predicted molar refractivity (Wildman–Crippen MR) is 52.4 cm³/mol. The molecule has 0 saturated carbocycles. The van der Waals surface area contributed by atoms with Gasteiger partial charge < -0.3 is 9.79 Å². The van der Waals surface area contributed by atoms with Gasteiger partial charge in [0.05, 0.1) is 0 Å². The van der Waals surface area contributed by atoms with Crippen LogP contribution in [0.5, 0.6) is 0 Å².